The smallest absolute Gasteiger partial charge is 0.548 e. The summed E-state index contributed by atoms with van der Waals surface area (Å²) in [6, 6.07) is -1.66. The van der Waals surface area contributed by atoms with Crippen LogP contribution in [0.1, 0.15) is 64.7 Å². The molecule has 0 radical (unpaired) electrons. The first kappa shape index (κ1) is 28.8. The minimum Gasteiger partial charge on any atom is -0.548 e. The minimum atomic E-state index is -1.66. The molecule has 0 fully saturated rings. The fourth-order valence-corrected chi connectivity index (χ4v) is 2.52. The Balaban J connectivity index is 0. The molecule has 0 saturated heterocycles. The number of imide groups is 1. The number of hydrogen-bond donors (Lipinski definition) is 0. The van der Waals surface area contributed by atoms with E-state index in [0.717, 1.165) is 12.8 Å². The van der Waals surface area contributed by atoms with E-state index in [9.17, 15) is 24.3 Å². The zero-order chi connectivity index (χ0) is 20.7. The van der Waals surface area contributed by atoms with Gasteiger partial charge in [-0.15, -0.1) is 13.2 Å². The molecule has 0 saturated carbocycles. The molecule has 0 aliphatic rings. The van der Waals surface area contributed by atoms with E-state index in [1.807, 2.05) is 0 Å². The number of aliphatic carboxylic acids is 1. The molecular formula is C20H30NNaO6. The number of carbonyl (C=O) groups excluding carboxylic acids is 4. The van der Waals surface area contributed by atoms with Crippen molar-refractivity contribution in [2.75, 3.05) is 6.61 Å². The molecule has 0 bridgehead atoms. The summed E-state index contributed by atoms with van der Waals surface area (Å²) in [4.78, 5) is 49.0. The first-order chi connectivity index (χ1) is 12.9. The molecule has 1 atom stereocenters. The van der Waals surface area contributed by atoms with Gasteiger partial charge in [0.15, 0.2) is 0 Å². The first-order valence-electron chi connectivity index (χ1n) is 9.32. The molecule has 0 N–H and O–H groups in total. The summed E-state index contributed by atoms with van der Waals surface area (Å²) in [6.07, 6.45) is 6.66. The fraction of sp³-hybridized carbons (Fsp3) is 0.600. The zero-order valence-corrected chi connectivity index (χ0v) is 19.1. The topological polar surface area (TPSA) is 104 Å². The van der Waals surface area contributed by atoms with Crippen LogP contribution in [0.2, 0.25) is 0 Å². The van der Waals surface area contributed by atoms with Crippen LogP contribution >= 0.6 is 0 Å². The summed E-state index contributed by atoms with van der Waals surface area (Å²) < 4.78 is 4.76. The van der Waals surface area contributed by atoms with Crippen molar-refractivity contribution < 1.29 is 58.6 Å². The Kier molecular flexibility index (Phi) is 18.1. The molecule has 1 unspecified atom stereocenters. The number of hydrogen-bond acceptors (Lipinski definition) is 6. The van der Waals surface area contributed by atoms with E-state index < -0.39 is 36.2 Å². The van der Waals surface area contributed by atoms with Crippen LogP contribution in [0, 0.1) is 0 Å². The second kappa shape index (κ2) is 17.6. The maximum absolute atomic E-state index is 12.5. The number of ether oxygens (including phenoxy) is 1. The molecule has 7 nitrogen and oxygen atoms in total. The van der Waals surface area contributed by atoms with Gasteiger partial charge in [0, 0.05) is 12.8 Å². The Morgan fingerprint density at radius 1 is 0.964 bits per heavy atom. The van der Waals surface area contributed by atoms with Crippen LogP contribution in [-0.4, -0.2) is 41.3 Å². The van der Waals surface area contributed by atoms with Crippen LogP contribution in [0.15, 0.2) is 25.3 Å². The molecule has 8 heteroatoms. The Bertz CT molecular complexity index is 507. The van der Waals surface area contributed by atoms with E-state index in [-0.39, 0.29) is 49.0 Å². The Hall–Kier alpha value is -1.44. The van der Waals surface area contributed by atoms with Crippen molar-refractivity contribution in [1.29, 1.82) is 0 Å². The average molecular weight is 403 g/mol. The number of carboxylic acid groups (broad SMARTS) is 1. The molecule has 0 heterocycles. The van der Waals surface area contributed by atoms with Gasteiger partial charge in [0.05, 0.1) is 25.0 Å². The molecule has 0 aromatic carbocycles. The van der Waals surface area contributed by atoms with Crippen molar-refractivity contribution in [3.63, 3.8) is 0 Å². The van der Waals surface area contributed by atoms with Gasteiger partial charge >= 0.3 is 35.5 Å². The van der Waals surface area contributed by atoms with Gasteiger partial charge in [0.1, 0.15) is 0 Å². The fourth-order valence-electron chi connectivity index (χ4n) is 2.52. The van der Waals surface area contributed by atoms with Crippen LogP contribution in [0.4, 0.5) is 0 Å². The maximum atomic E-state index is 12.5. The Labute approximate surface area is 189 Å². The van der Waals surface area contributed by atoms with Gasteiger partial charge in [0.25, 0.3) is 0 Å². The maximum Gasteiger partial charge on any atom is 1.00 e. The van der Waals surface area contributed by atoms with Gasteiger partial charge in [-0.25, -0.2) is 0 Å². The van der Waals surface area contributed by atoms with Gasteiger partial charge in [0.2, 0.25) is 11.8 Å². The van der Waals surface area contributed by atoms with E-state index in [4.69, 9.17) is 4.74 Å². The summed E-state index contributed by atoms with van der Waals surface area (Å²) in [5.41, 5.74) is 0. The van der Waals surface area contributed by atoms with Crippen LogP contribution in [0.25, 0.3) is 0 Å². The van der Waals surface area contributed by atoms with Crippen molar-refractivity contribution in [1.82, 2.24) is 4.90 Å². The monoisotopic (exact) mass is 403 g/mol. The van der Waals surface area contributed by atoms with Crippen LogP contribution < -0.4 is 34.7 Å². The minimum absolute atomic E-state index is 0. The predicted octanol–water partition coefficient (Wildman–Crippen LogP) is -1.09. The van der Waals surface area contributed by atoms with Gasteiger partial charge in [-0.1, -0.05) is 12.2 Å². The van der Waals surface area contributed by atoms with Gasteiger partial charge in [-0.05, 0) is 45.4 Å². The van der Waals surface area contributed by atoms with Crippen LogP contribution in [-0.2, 0) is 23.9 Å². The van der Waals surface area contributed by atoms with Gasteiger partial charge in [-0.2, -0.15) is 0 Å². The van der Waals surface area contributed by atoms with E-state index in [1.54, 1.807) is 19.1 Å². The van der Waals surface area contributed by atoms with Crippen molar-refractivity contribution in [3.8, 4) is 0 Å². The second-order valence-electron chi connectivity index (χ2n) is 6.07. The standard InChI is InChI=1S/C20H31NO6.Na/c1-4-7-9-11-13-17(22)21(18(23)14-12-10-8-5-2)16(20(25)26)15-19(24)27-6-3;/h4-5,16H,1-2,6-15H2,3H3,(H,25,26);/q;+1/p-1. The van der Waals surface area contributed by atoms with Crippen molar-refractivity contribution in [2.24, 2.45) is 0 Å². The summed E-state index contributed by atoms with van der Waals surface area (Å²) in [7, 11) is 0. The quantitative estimate of drug-likeness (QED) is 0.149. The SMILES string of the molecule is C=CCCCCC(=O)N(C(=O)CCCCC=C)C(CC(=O)OCC)C(=O)[O-].[Na+]. The van der Waals surface area contributed by atoms with Gasteiger partial charge in [-0.3, -0.25) is 19.3 Å². The number of nitrogens with zero attached hydrogens (tertiary/aromatic N) is 1. The molecule has 0 rings (SSSR count). The molecule has 0 aliphatic carbocycles. The van der Waals surface area contributed by atoms with Gasteiger partial charge < -0.3 is 14.6 Å². The third kappa shape index (κ3) is 12.1. The summed E-state index contributed by atoms with van der Waals surface area (Å²) in [6.45, 7) is 8.85. The molecular weight excluding hydrogens is 373 g/mol. The normalized spacial score (nSPS) is 10.9. The first-order valence-corrected chi connectivity index (χ1v) is 9.32. The number of carbonyl (C=O) groups is 4. The van der Waals surface area contributed by atoms with Crippen LogP contribution in [0.5, 0.6) is 0 Å². The summed E-state index contributed by atoms with van der Waals surface area (Å²) in [5.74, 6) is -3.69. The molecule has 0 aliphatic heterocycles. The predicted molar refractivity (Wildman–Crippen MR) is 99.2 cm³/mol. The zero-order valence-electron chi connectivity index (χ0n) is 17.1. The second-order valence-corrected chi connectivity index (χ2v) is 6.07. The summed E-state index contributed by atoms with van der Waals surface area (Å²) in [5, 5.41) is 11.6. The molecule has 0 aromatic rings. The van der Waals surface area contributed by atoms with E-state index in [0.29, 0.717) is 30.6 Å². The molecule has 28 heavy (non-hydrogen) atoms. The molecule has 152 valence electrons. The number of carboxylic acids is 1. The van der Waals surface area contributed by atoms with Crippen molar-refractivity contribution in [3.05, 3.63) is 25.3 Å². The van der Waals surface area contributed by atoms with E-state index in [1.165, 1.54) is 0 Å². The average Bonchev–Trinajstić information content (AvgIpc) is 2.62. The van der Waals surface area contributed by atoms with Crippen molar-refractivity contribution >= 4 is 23.8 Å². The van der Waals surface area contributed by atoms with E-state index in [2.05, 4.69) is 13.2 Å². The number of amides is 2. The Morgan fingerprint density at radius 2 is 1.43 bits per heavy atom. The third-order valence-corrected chi connectivity index (χ3v) is 3.88. The number of esters is 1. The number of allylic oxidation sites excluding steroid dienone is 2. The molecule has 2 amide bonds. The molecule has 0 aromatic heterocycles. The number of unbranched alkanes of at least 4 members (excludes halogenated alkanes) is 4. The Morgan fingerprint density at radius 3 is 1.79 bits per heavy atom. The van der Waals surface area contributed by atoms with E-state index >= 15 is 0 Å². The largest absolute Gasteiger partial charge is 1.00 e. The van der Waals surface area contributed by atoms with Crippen molar-refractivity contribution in [2.45, 2.75) is 70.8 Å². The molecule has 0 spiro atoms. The third-order valence-electron chi connectivity index (χ3n) is 3.88. The number of rotatable bonds is 15. The van der Waals surface area contributed by atoms with Crippen LogP contribution in [0.3, 0.4) is 0 Å². The summed E-state index contributed by atoms with van der Waals surface area (Å²) >= 11 is 0.